The number of anilines is 1. The van der Waals surface area contributed by atoms with Crippen LogP contribution in [0.5, 0.6) is 0 Å². The summed E-state index contributed by atoms with van der Waals surface area (Å²) in [6, 6.07) is 17.1. The molecule has 2 nitrogen and oxygen atoms in total. The van der Waals surface area contributed by atoms with Crippen LogP contribution in [0.4, 0.5) is 5.69 Å². The molecule has 0 bridgehead atoms. The molecule has 2 aromatic carbocycles. The van der Waals surface area contributed by atoms with Gasteiger partial charge in [-0.25, -0.2) is 0 Å². The number of aromatic nitrogens is 1. The Morgan fingerprint density at radius 2 is 1.62 bits per heavy atom. The molecule has 106 valence electrons. The maximum Gasteiger partial charge on any atom is 0.0476 e. The maximum absolute atomic E-state index is 4.35. The molecule has 0 unspecified atom stereocenters. The monoisotopic (exact) mass is 276 g/mol. The van der Waals surface area contributed by atoms with Crippen LogP contribution in [0.3, 0.4) is 0 Å². The topological polar surface area (TPSA) is 16.1 Å². The smallest absolute Gasteiger partial charge is 0.0476 e. The minimum absolute atomic E-state index is 0.998. The molecule has 3 rings (SSSR count). The zero-order chi connectivity index (χ0) is 14.7. The van der Waals surface area contributed by atoms with Gasteiger partial charge >= 0.3 is 0 Å². The van der Waals surface area contributed by atoms with E-state index in [2.05, 4.69) is 72.3 Å². The van der Waals surface area contributed by atoms with Crippen molar-refractivity contribution in [3.05, 3.63) is 60.9 Å². The zero-order valence-electron chi connectivity index (χ0n) is 12.6. The van der Waals surface area contributed by atoms with Gasteiger partial charge in [0.05, 0.1) is 0 Å². The Labute approximate surface area is 126 Å². The second-order valence-corrected chi connectivity index (χ2v) is 5.09. The van der Waals surface area contributed by atoms with E-state index in [9.17, 15) is 0 Å². The van der Waals surface area contributed by atoms with Crippen LogP contribution in [-0.4, -0.2) is 18.1 Å². The van der Waals surface area contributed by atoms with Crippen LogP contribution in [0, 0.1) is 0 Å². The Balaban J connectivity index is 2.24. The highest BCUT2D eigenvalue weighted by Crippen LogP contribution is 2.34. The van der Waals surface area contributed by atoms with Crippen molar-refractivity contribution in [1.82, 2.24) is 4.98 Å². The van der Waals surface area contributed by atoms with E-state index in [-0.39, 0.29) is 0 Å². The van der Waals surface area contributed by atoms with Crippen molar-refractivity contribution in [1.29, 1.82) is 0 Å². The van der Waals surface area contributed by atoms with Gasteiger partial charge in [0, 0.05) is 36.7 Å². The number of pyridine rings is 1. The number of benzene rings is 2. The molecule has 0 amide bonds. The highest BCUT2D eigenvalue weighted by atomic mass is 15.1. The minimum atomic E-state index is 0.998. The van der Waals surface area contributed by atoms with E-state index in [1.165, 1.54) is 27.6 Å². The predicted molar refractivity (Wildman–Crippen MR) is 90.7 cm³/mol. The summed E-state index contributed by atoms with van der Waals surface area (Å²) < 4.78 is 0. The van der Waals surface area contributed by atoms with E-state index in [0.29, 0.717) is 0 Å². The van der Waals surface area contributed by atoms with Crippen molar-refractivity contribution >= 4 is 16.5 Å². The molecule has 0 radical (unpaired) electrons. The molecular formula is C19H20N2. The lowest BCUT2D eigenvalue weighted by Gasteiger charge is -2.24. The van der Waals surface area contributed by atoms with Crippen molar-refractivity contribution in [2.45, 2.75) is 13.8 Å². The first-order valence-corrected chi connectivity index (χ1v) is 7.52. The summed E-state index contributed by atoms with van der Waals surface area (Å²) in [6.07, 6.45) is 3.86. The highest BCUT2D eigenvalue weighted by Gasteiger charge is 2.12. The van der Waals surface area contributed by atoms with Crippen molar-refractivity contribution in [3.63, 3.8) is 0 Å². The molecule has 0 atom stereocenters. The Morgan fingerprint density at radius 1 is 0.857 bits per heavy atom. The lowest BCUT2D eigenvalue weighted by molar-refractivity contribution is 0.866. The molecule has 0 spiro atoms. The first-order chi connectivity index (χ1) is 10.3. The van der Waals surface area contributed by atoms with Crippen molar-refractivity contribution in [2.24, 2.45) is 0 Å². The predicted octanol–water partition coefficient (Wildman–Crippen LogP) is 4.75. The van der Waals surface area contributed by atoms with Gasteiger partial charge in [-0.2, -0.15) is 0 Å². The van der Waals surface area contributed by atoms with Gasteiger partial charge in [-0.1, -0.05) is 42.5 Å². The molecule has 0 N–H and O–H groups in total. The number of fused-ring (bicyclic) bond motifs is 1. The molecule has 21 heavy (non-hydrogen) atoms. The Morgan fingerprint density at radius 3 is 2.43 bits per heavy atom. The Kier molecular flexibility index (Phi) is 3.87. The van der Waals surface area contributed by atoms with Gasteiger partial charge in [-0.3, -0.25) is 4.98 Å². The molecule has 2 heteroatoms. The number of nitrogens with zero attached hydrogens (tertiary/aromatic N) is 2. The fraction of sp³-hybridized carbons (Fsp3) is 0.211. The van der Waals surface area contributed by atoms with Crippen LogP contribution in [0.2, 0.25) is 0 Å². The highest BCUT2D eigenvalue weighted by molar-refractivity contribution is 5.99. The zero-order valence-corrected chi connectivity index (χ0v) is 12.6. The first kappa shape index (κ1) is 13.6. The second-order valence-electron chi connectivity index (χ2n) is 5.09. The third-order valence-electron chi connectivity index (χ3n) is 3.98. The summed E-state index contributed by atoms with van der Waals surface area (Å²) >= 11 is 0. The van der Waals surface area contributed by atoms with Crippen LogP contribution in [0.25, 0.3) is 21.9 Å². The summed E-state index contributed by atoms with van der Waals surface area (Å²) in [5, 5.41) is 2.55. The van der Waals surface area contributed by atoms with Crippen molar-refractivity contribution < 1.29 is 0 Å². The molecule has 0 aliphatic rings. The summed E-state index contributed by atoms with van der Waals surface area (Å²) in [5.74, 6) is 0. The van der Waals surface area contributed by atoms with Gasteiger partial charge in [0.15, 0.2) is 0 Å². The van der Waals surface area contributed by atoms with Gasteiger partial charge < -0.3 is 4.90 Å². The van der Waals surface area contributed by atoms with Gasteiger partial charge in [0.1, 0.15) is 0 Å². The lowest BCUT2D eigenvalue weighted by atomic mass is 9.98. The van der Waals surface area contributed by atoms with Crippen LogP contribution < -0.4 is 4.90 Å². The average Bonchev–Trinajstić information content (AvgIpc) is 2.56. The van der Waals surface area contributed by atoms with Crippen LogP contribution in [0.1, 0.15) is 13.8 Å². The number of hydrogen-bond acceptors (Lipinski definition) is 2. The number of rotatable bonds is 4. The van der Waals surface area contributed by atoms with Crippen molar-refractivity contribution in [2.75, 3.05) is 18.0 Å². The lowest BCUT2D eigenvalue weighted by Crippen LogP contribution is -2.22. The van der Waals surface area contributed by atoms with Crippen LogP contribution in [-0.2, 0) is 0 Å². The second kappa shape index (κ2) is 5.96. The van der Waals surface area contributed by atoms with Gasteiger partial charge in [-0.15, -0.1) is 0 Å². The molecule has 0 saturated carbocycles. The van der Waals surface area contributed by atoms with E-state index in [0.717, 1.165) is 13.1 Å². The molecule has 0 saturated heterocycles. The quantitative estimate of drug-likeness (QED) is 0.683. The standard InChI is InChI=1S/C19H20N2/c1-3-21(4-2)19-12-13-20-14-18(19)17-11-7-9-15-8-5-6-10-16(15)17/h5-14H,3-4H2,1-2H3. The third kappa shape index (κ3) is 2.49. The van der Waals surface area contributed by atoms with Gasteiger partial charge in [0.25, 0.3) is 0 Å². The molecule has 3 aromatic rings. The molecule has 0 fully saturated rings. The normalized spacial score (nSPS) is 10.8. The number of hydrogen-bond donors (Lipinski definition) is 0. The van der Waals surface area contributed by atoms with Gasteiger partial charge in [0.2, 0.25) is 0 Å². The van der Waals surface area contributed by atoms with Crippen molar-refractivity contribution in [3.8, 4) is 11.1 Å². The molecular weight excluding hydrogens is 256 g/mol. The maximum atomic E-state index is 4.35. The average molecular weight is 276 g/mol. The Bertz CT molecular complexity index is 740. The summed E-state index contributed by atoms with van der Waals surface area (Å²) in [7, 11) is 0. The van der Waals surface area contributed by atoms with E-state index < -0.39 is 0 Å². The SMILES string of the molecule is CCN(CC)c1ccncc1-c1cccc2ccccc12. The largest absolute Gasteiger partial charge is 0.371 e. The molecule has 0 aliphatic carbocycles. The summed E-state index contributed by atoms with van der Waals surface area (Å²) in [5.41, 5.74) is 3.72. The molecule has 0 aliphatic heterocycles. The molecule has 1 heterocycles. The van der Waals surface area contributed by atoms with E-state index in [4.69, 9.17) is 0 Å². The molecule has 1 aromatic heterocycles. The minimum Gasteiger partial charge on any atom is -0.371 e. The van der Waals surface area contributed by atoms with Gasteiger partial charge in [-0.05, 0) is 36.2 Å². The fourth-order valence-electron chi connectivity index (χ4n) is 2.89. The van der Waals surface area contributed by atoms with E-state index in [1.54, 1.807) is 0 Å². The summed E-state index contributed by atoms with van der Waals surface area (Å²) in [4.78, 5) is 6.73. The van der Waals surface area contributed by atoms with E-state index >= 15 is 0 Å². The summed E-state index contributed by atoms with van der Waals surface area (Å²) in [6.45, 7) is 6.38. The first-order valence-electron chi connectivity index (χ1n) is 7.52. The van der Waals surface area contributed by atoms with E-state index in [1.807, 2.05) is 12.4 Å². The van der Waals surface area contributed by atoms with Crippen LogP contribution >= 0.6 is 0 Å². The fourth-order valence-corrected chi connectivity index (χ4v) is 2.89. The van der Waals surface area contributed by atoms with Crippen LogP contribution in [0.15, 0.2) is 60.9 Å². The third-order valence-corrected chi connectivity index (χ3v) is 3.98. The Hall–Kier alpha value is -2.35.